The molecular weight excluding hydrogens is 482 g/mol. The van der Waals surface area contributed by atoms with Gasteiger partial charge >= 0.3 is 182 Å². The first-order valence-electron chi connectivity index (χ1n) is 9.32. The Morgan fingerprint density at radius 3 is 1.32 bits per heavy atom. The van der Waals surface area contributed by atoms with Crippen LogP contribution in [0.2, 0.25) is 0 Å². The number of hydrogen-bond donors (Lipinski definition) is 0. The molecule has 0 heterocycles. The number of benzene rings is 2. The molecular formula is C22H32N2O2Se2. The van der Waals surface area contributed by atoms with Gasteiger partial charge < -0.3 is 0 Å². The van der Waals surface area contributed by atoms with Crippen LogP contribution in [0.15, 0.2) is 36.4 Å². The molecule has 0 aliphatic rings. The zero-order valence-electron chi connectivity index (χ0n) is 18.1. The Morgan fingerprint density at radius 2 is 1.04 bits per heavy atom. The number of rotatable bonds is 9. The number of methoxy groups -OCH3 is 2. The van der Waals surface area contributed by atoms with Gasteiger partial charge in [-0.1, -0.05) is 0 Å². The van der Waals surface area contributed by atoms with Crippen LogP contribution in [0.4, 0.5) is 0 Å². The number of ether oxygens (including phenoxy) is 2. The molecule has 0 bridgehead atoms. The first kappa shape index (κ1) is 23.3. The van der Waals surface area contributed by atoms with Crippen LogP contribution in [0, 0.1) is 0 Å². The van der Waals surface area contributed by atoms with Gasteiger partial charge in [-0.3, -0.25) is 0 Å². The van der Waals surface area contributed by atoms with E-state index in [4.69, 9.17) is 9.47 Å². The molecule has 2 aromatic carbocycles. The Bertz CT molecular complexity index is 716. The van der Waals surface area contributed by atoms with Gasteiger partial charge in [0.1, 0.15) is 0 Å². The van der Waals surface area contributed by atoms with Crippen molar-refractivity contribution in [2.45, 2.75) is 25.9 Å². The molecule has 28 heavy (non-hydrogen) atoms. The summed E-state index contributed by atoms with van der Waals surface area (Å²) in [5.74, 6) is 2.01. The molecule has 0 saturated heterocycles. The second kappa shape index (κ2) is 10.7. The van der Waals surface area contributed by atoms with Crippen molar-refractivity contribution in [2.75, 3.05) is 42.4 Å². The Hall–Kier alpha value is -1.00. The van der Waals surface area contributed by atoms with Crippen molar-refractivity contribution in [1.82, 2.24) is 9.80 Å². The SMILES string of the molecule is COc1cccc([C@@H](C)N(C)C)c1[Se][Se]c1c(OC)cccc1[C@@H](C)N(C)C. The third-order valence-electron chi connectivity index (χ3n) is 5.12. The average Bonchev–Trinajstić information content (AvgIpc) is 2.70. The summed E-state index contributed by atoms with van der Waals surface area (Å²) in [6.07, 6.45) is 0. The van der Waals surface area contributed by atoms with Gasteiger partial charge in [0.25, 0.3) is 0 Å². The summed E-state index contributed by atoms with van der Waals surface area (Å²) in [5, 5.41) is 0. The predicted molar refractivity (Wildman–Crippen MR) is 121 cm³/mol. The van der Waals surface area contributed by atoms with Gasteiger partial charge in [0.05, 0.1) is 0 Å². The molecule has 2 rings (SSSR count). The van der Waals surface area contributed by atoms with Crippen LogP contribution in [0.5, 0.6) is 11.5 Å². The van der Waals surface area contributed by atoms with Crippen LogP contribution in [-0.2, 0) is 0 Å². The average molecular weight is 514 g/mol. The summed E-state index contributed by atoms with van der Waals surface area (Å²) < 4.78 is 14.2. The summed E-state index contributed by atoms with van der Waals surface area (Å²) in [4.78, 5) is 4.51. The fourth-order valence-electron chi connectivity index (χ4n) is 2.86. The molecule has 0 aliphatic carbocycles. The normalized spacial score (nSPS) is 13.6. The molecule has 4 nitrogen and oxygen atoms in total. The van der Waals surface area contributed by atoms with Crippen LogP contribution < -0.4 is 18.4 Å². The minimum absolute atomic E-state index is 0.286. The topological polar surface area (TPSA) is 24.9 Å². The molecule has 0 aliphatic heterocycles. The summed E-state index contributed by atoms with van der Waals surface area (Å²) >= 11 is 0.573. The number of nitrogens with zero attached hydrogens (tertiary/aromatic N) is 2. The Labute approximate surface area is 181 Å². The second-order valence-electron chi connectivity index (χ2n) is 7.20. The monoisotopic (exact) mass is 516 g/mol. The van der Waals surface area contributed by atoms with E-state index in [2.05, 4.69) is 88.2 Å². The summed E-state index contributed by atoms with van der Waals surface area (Å²) in [7, 11) is 12.1. The number of hydrogen-bond acceptors (Lipinski definition) is 4. The van der Waals surface area contributed by atoms with Crippen molar-refractivity contribution >= 4 is 35.2 Å². The molecule has 6 heteroatoms. The molecule has 0 N–H and O–H groups in total. The van der Waals surface area contributed by atoms with Gasteiger partial charge in [-0.15, -0.1) is 0 Å². The third-order valence-corrected chi connectivity index (χ3v) is 12.4. The van der Waals surface area contributed by atoms with Gasteiger partial charge in [-0.25, -0.2) is 0 Å². The van der Waals surface area contributed by atoms with Gasteiger partial charge in [0.15, 0.2) is 0 Å². The van der Waals surface area contributed by atoms with Crippen molar-refractivity contribution in [1.29, 1.82) is 0 Å². The molecule has 0 fully saturated rings. The van der Waals surface area contributed by atoms with Crippen molar-refractivity contribution < 1.29 is 9.47 Å². The fraction of sp³-hybridized carbons (Fsp3) is 0.455. The summed E-state index contributed by atoms with van der Waals surface area (Å²) in [6.45, 7) is 4.51. The van der Waals surface area contributed by atoms with Crippen molar-refractivity contribution in [3.8, 4) is 11.5 Å². The summed E-state index contributed by atoms with van der Waals surface area (Å²) in [5.41, 5.74) is 2.73. The van der Waals surface area contributed by atoms with E-state index < -0.39 is 0 Å². The minimum atomic E-state index is 0.286. The molecule has 0 radical (unpaired) electrons. The van der Waals surface area contributed by atoms with E-state index >= 15 is 0 Å². The quantitative estimate of drug-likeness (QED) is 0.480. The molecule has 0 saturated carbocycles. The molecule has 0 aromatic heterocycles. The van der Waals surface area contributed by atoms with E-state index in [-0.39, 0.29) is 26.3 Å². The molecule has 2 atom stereocenters. The van der Waals surface area contributed by atoms with Gasteiger partial charge in [-0.2, -0.15) is 0 Å². The van der Waals surface area contributed by atoms with Crippen LogP contribution in [-0.4, -0.2) is 78.5 Å². The van der Waals surface area contributed by atoms with E-state index in [1.54, 1.807) is 14.2 Å². The van der Waals surface area contributed by atoms with Gasteiger partial charge in [0.2, 0.25) is 0 Å². The maximum absolute atomic E-state index is 5.74. The molecule has 0 amide bonds. The Kier molecular flexibility index (Phi) is 8.88. The van der Waals surface area contributed by atoms with Crippen molar-refractivity contribution in [2.24, 2.45) is 0 Å². The van der Waals surface area contributed by atoms with Crippen LogP contribution in [0.25, 0.3) is 0 Å². The summed E-state index contributed by atoms with van der Waals surface area (Å²) in [6, 6.07) is 13.6. The zero-order valence-corrected chi connectivity index (χ0v) is 21.6. The van der Waals surface area contributed by atoms with Crippen LogP contribution in [0.3, 0.4) is 0 Å². The molecule has 2 aromatic rings. The Morgan fingerprint density at radius 1 is 0.679 bits per heavy atom. The van der Waals surface area contributed by atoms with E-state index in [1.165, 1.54) is 20.1 Å². The van der Waals surface area contributed by atoms with E-state index in [0.29, 0.717) is 12.1 Å². The van der Waals surface area contributed by atoms with Crippen molar-refractivity contribution in [3.05, 3.63) is 47.5 Å². The van der Waals surface area contributed by atoms with Gasteiger partial charge in [-0.05, 0) is 0 Å². The van der Waals surface area contributed by atoms with E-state index in [0.717, 1.165) is 11.5 Å². The molecule has 0 spiro atoms. The maximum atomic E-state index is 5.74. The first-order chi connectivity index (χ1) is 13.3. The van der Waals surface area contributed by atoms with Crippen molar-refractivity contribution in [3.63, 3.8) is 0 Å². The Balaban J connectivity index is 2.44. The predicted octanol–water partition coefficient (Wildman–Crippen LogP) is 2.22. The zero-order chi connectivity index (χ0) is 20.8. The van der Waals surface area contributed by atoms with Crippen LogP contribution >= 0.6 is 0 Å². The second-order valence-corrected chi connectivity index (χ2v) is 13.2. The third kappa shape index (κ3) is 5.32. The fourth-order valence-corrected chi connectivity index (χ4v) is 11.3. The molecule has 154 valence electrons. The first-order valence-corrected chi connectivity index (χ1v) is 15.4. The standard InChI is InChI=1S/C22H32N2O2Se2/c1-15(23(3)4)17-11-9-13-19(25-7)21(17)27-28-22-18(16(2)24(5)6)12-10-14-20(22)26-8/h9-16H,1-8H3/t15-,16-/m1/s1. The van der Waals surface area contributed by atoms with Crippen LogP contribution in [0.1, 0.15) is 37.1 Å². The molecule has 0 unspecified atom stereocenters. The van der Waals surface area contributed by atoms with E-state index in [9.17, 15) is 0 Å². The van der Waals surface area contributed by atoms with Gasteiger partial charge in [0, 0.05) is 0 Å². The van der Waals surface area contributed by atoms with E-state index in [1.807, 2.05) is 0 Å².